The second-order valence-corrected chi connectivity index (χ2v) is 16.9. The van der Waals surface area contributed by atoms with Crippen molar-refractivity contribution in [2.75, 3.05) is 26.4 Å². The van der Waals surface area contributed by atoms with Crippen molar-refractivity contribution in [1.29, 1.82) is 0 Å². The summed E-state index contributed by atoms with van der Waals surface area (Å²) in [6, 6.07) is 0. The molecule has 7 N–H and O–H groups in total. The van der Waals surface area contributed by atoms with Crippen molar-refractivity contribution in [1.82, 2.24) is 0 Å². The average molecular weight is 937 g/mol. The number of hydrogen-bond acceptors (Lipinski definition) is 15. The van der Waals surface area contributed by atoms with Crippen molar-refractivity contribution < 1.29 is 73.8 Å². The van der Waals surface area contributed by atoms with Gasteiger partial charge in [0, 0.05) is 12.8 Å². The average Bonchev–Trinajstić information content (AvgIpc) is 3.31. The van der Waals surface area contributed by atoms with Crippen molar-refractivity contribution in [3.05, 3.63) is 72.9 Å². The maximum Gasteiger partial charge on any atom is 0.306 e. The zero-order valence-electron chi connectivity index (χ0n) is 39.6. The van der Waals surface area contributed by atoms with Crippen LogP contribution in [0.5, 0.6) is 0 Å². The van der Waals surface area contributed by atoms with Crippen LogP contribution in [0.25, 0.3) is 0 Å². The quantitative estimate of drug-likeness (QED) is 0.0159. The lowest BCUT2D eigenvalue weighted by molar-refractivity contribution is -0.332. The van der Waals surface area contributed by atoms with Crippen LogP contribution in [-0.2, 0) is 38.0 Å². The largest absolute Gasteiger partial charge is 0.462 e. The lowest BCUT2D eigenvalue weighted by Crippen LogP contribution is -2.61. The maximum atomic E-state index is 13.0. The van der Waals surface area contributed by atoms with E-state index in [1.54, 1.807) is 0 Å². The molecule has 0 aromatic rings. The van der Waals surface area contributed by atoms with Gasteiger partial charge in [-0.3, -0.25) is 9.59 Å². The first-order valence-electron chi connectivity index (χ1n) is 24.5. The van der Waals surface area contributed by atoms with Crippen LogP contribution in [0.4, 0.5) is 0 Å². The molecule has 2 saturated heterocycles. The summed E-state index contributed by atoms with van der Waals surface area (Å²) in [6.45, 7) is 2.37. The Balaban J connectivity index is 1.86. The monoisotopic (exact) mass is 937 g/mol. The molecule has 2 aliphatic heterocycles. The minimum absolute atomic E-state index is 0.134. The number of esters is 2. The van der Waals surface area contributed by atoms with Crippen molar-refractivity contribution in [2.45, 2.75) is 210 Å². The number of rotatable bonds is 36. The summed E-state index contributed by atoms with van der Waals surface area (Å²) in [5, 5.41) is 72.0. The van der Waals surface area contributed by atoms with E-state index in [0.717, 1.165) is 77.0 Å². The molecule has 0 bridgehead atoms. The Hall–Kier alpha value is -3.06. The first-order chi connectivity index (χ1) is 32.0. The molecule has 0 amide bonds. The Morgan fingerprint density at radius 3 is 1.62 bits per heavy atom. The van der Waals surface area contributed by atoms with E-state index in [2.05, 4.69) is 86.8 Å². The highest BCUT2D eigenvalue weighted by Gasteiger charge is 2.47. The van der Waals surface area contributed by atoms with Gasteiger partial charge in [-0.25, -0.2) is 0 Å². The summed E-state index contributed by atoms with van der Waals surface area (Å²) in [5.41, 5.74) is 0. The number of ether oxygens (including phenoxy) is 6. The van der Waals surface area contributed by atoms with Gasteiger partial charge in [0.1, 0.15) is 55.4 Å². The molecule has 11 atom stereocenters. The van der Waals surface area contributed by atoms with Crippen molar-refractivity contribution in [3.8, 4) is 0 Å². The van der Waals surface area contributed by atoms with E-state index in [1.807, 2.05) is 0 Å². The topological polar surface area (TPSA) is 231 Å². The van der Waals surface area contributed by atoms with Crippen LogP contribution in [-0.4, -0.2) is 142 Å². The number of aliphatic hydroxyl groups is 7. The second kappa shape index (κ2) is 37.9. The van der Waals surface area contributed by atoms with E-state index >= 15 is 0 Å². The van der Waals surface area contributed by atoms with Gasteiger partial charge < -0.3 is 64.2 Å². The Morgan fingerprint density at radius 1 is 0.515 bits per heavy atom. The molecule has 0 radical (unpaired) electrons. The summed E-state index contributed by atoms with van der Waals surface area (Å²) >= 11 is 0. The minimum atomic E-state index is -1.78. The zero-order valence-corrected chi connectivity index (χ0v) is 39.6. The van der Waals surface area contributed by atoms with Gasteiger partial charge in [0.2, 0.25) is 0 Å². The summed E-state index contributed by atoms with van der Waals surface area (Å²) in [4.78, 5) is 25.7. The molecule has 378 valence electrons. The fraction of sp³-hybridized carbons (Fsp3) is 0.725. The van der Waals surface area contributed by atoms with Crippen LogP contribution in [0.1, 0.15) is 142 Å². The molecule has 4 unspecified atom stereocenters. The van der Waals surface area contributed by atoms with Crippen LogP contribution in [0.3, 0.4) is 0 Å². The SMILES string of the molecule is CC/C=C/C/C=C/C/C=C/C/C=C/CCCCC(=O)OC[C@H](CO[C@@H]1O[C@H](CO[C@@H]2O[C@H](CO)[C@H](O)C(O)C2O)[C@H](O)C(O)C1O)OC(=O)CCCCCCC/C=C/C=C/CCCCCC. The Labute approximate surface area is 393 Å². The van der Waals surface area contributed by atoms with Gasteiger partial charge in [0.15, 0.2) is 18.7 Å². The van der Waals surface area contributed by atoms with Crippen LogP contribution < -0.4 is 0 Å². The smallest absolute Gasteiger partial charge is 0.306 e. The number of hydrogen-bond donors (Lipinski definition) is 7. The van der Waals surface area contributed by atoms with Gasteiger partial charge in [0.25, 0.3) is 0 Å². The van der Waals surface area contributed by atoms with Crippen molar-refractivity contribution >= 4 is 11.9 Å². The van der Waals surface area contributed by atoms with Crippen LogP contribution >= 0.6 is 0 Å². The molecule has 2 rings (SSSR count). The number of allylic oxidation sites excluding steroid dienone is 12. The highest BCUT2D eigenvalue weighted by molar-refractivity contribution is 5.70. The van der Waals surface area contributed by atoms with Gasteiger partial charge in [-0.2, -0.15) is 0 Å². The first kappa shape index (κ1) is 59.1. The lowest BCUT2D eigenvalue weighted by atomic mass is 9.98. The van der Waals surface area contributed by atoms with E-state index in [9.17, 15) is 45.3 Å². The Kier molecular flexibility index (Phi) is 33.9. The minimum Gasteiger partial charge on any atom is -0.462 e. The Morgan fingerprint density at radius 2 is 1.00 bits per heavy atom. The van der Waals surface area contributed by atoms with E-state index in [0.29, 0.717) is 12.8 Å². The molecule has 2 aliphatic rings. The van der Waals surface area contributed by atoms with Gasteiger partial charge in [0.05, 0.1) is 19.8 Å². The van der Waals surface area contributed by atoms with Crippen molar-refractivity contribution in [2.24, 2.45) is 0 Å². The van der Waals surface area contributed by atoms with Gasteiger partial charge >= 0.3 is 11.9 Å². The van der Waals surface area contributed by atoms with E-state index in [1.165, 1.54) is 25.7 Å². The number of carbonyl (C=O) groups is 2. The van der Waals surface area contributed by atoms with Crippen LogP contribution in [0, 0.1) is 0 Å². The molecule has 2 fully saturated rings. The molecule has 66 heavy (non-hydrogen) atoms. The molecule has 0 saturated carbocycles. The molecule has 15 heteroatoms. The first-order valence-corrected chi connectivity index (χ1v) is 24.5. The second-order valence-electron chi connectivity index (χ2n) is 16.9. The van der Waals surface area contributed by atoms with Crippen molar-refractivity contribution in [3.63, 3.8) is 0 Å². The van der Waals surface area contributed by atoms with E-state index in [-0.39, 0.29) is 19.4 Å². The van der Waals surface area contributed by atoms with Crippen LogP contribution in [0.2, 0.25) is 0 Å². The molecular weight excluding hydrogens is 853 g/mol. The number of unbranched alkanes of at least 4 members (excludes halogenated alkanes) is 11. The fourth-order valence-electron chi connectivity index (χ4n) is 7.14. The molecule has 2 heterocycles. The Bertz CT molecular complexity index is 1430. The molecular formula is C51H84O15. The molecule has 0 aromatic carbocycles. The highest BCUT2D eigenvalue weighted by atomic mass is 16.7. The van der Waals surface area contributed by atoms with Crippen LogP contribution in [0.15, 0.2) is 72.9 Å². The number of carbonyl (C=O) groups excluding carboxylic acids is 2. The lowest BCUT2D eigenvalue weighted by Gasteiger charge is -2.42. The maximum absolute atomic E-state index is 13.0. The molecule has 0 aromatic heterocycles. The third-order valence-corrected chi connectivity index (χ3v) is 11.2. The van der Waals surface area contributed by atoms with Gasteiger partial charge in [-0.15, -0.1) is 0 Å². The summed E-state index contributed by atoms with van der Waals surface area (Å²) in [5.74, 6) is -0.999. The fourth-order valence-corrected chi connectivity index (χ4v) is 7.14. The highest BCUT2D eigenvalue weighted by Crippen LogP contribution is 2.26. The zero-order chi connectivity index (χ0) is 48.2. The third kappa shape index (κ3) is 25.9. The van der Waals surface area contributed by atoms with Gasteiger partial charge in [-0.05, 0) is 77.0 Å². The molecule has 0 aliphatic carbocycles. The number of aliphatic hydroxyl groups excluding tert-OH is 7. The third-order valence-electron chi connectivity index (χ3n) is 11.2. The normalized spacial score (nSPS) is 26.8. The summed E-state index contributed by atoms with van der Waals surface area (Å²) < 4.78 is 33.5. The van der Waals surface area contributed by atoms with E-state index < -0.39 is 99.3 Å². The summed E-state index contributed by atoms with van der Waals surface area (Å²) in [7, 11) is 0. The van der Waals surface area contributed by atoms with E-state index in [4.69, 9.17) is 28.4 Å². The predicted molar refractivity (Wildman–Crippen MR) is 252 cm³/mol. The molecule has 15 nitrogen and oxygen atoms in total. The standard InChI is InChI=1S/C51H84O15/c1-3-5-7-9-11-13-15-17-19-21-23-25-27-29-31-33-42(53)61-36-39(64-43(54)34-32-30-28-26-24-22-20-18-16-14-12-10-8-6-4-2)37-62-50-49(60)47(58)45(56)41(66-50)38-63-51-48(59)46(57)44(55)40(35-52)65-51/h5,7,11,13-14,16-20,23,25,39-41,44-52,55-60H,3-4,6,8-10,12,15,21-22,24,26-38H2,1-2H3/b7-5+,13-11+,16-14+,19-17+,20-18+,25-23+/t39-,40-,41-,44+,45+,46?,47?,48?,49?,50-,51-/m1/s1. The molecule has 0 spiro atoms. The predicted octanol–water partition coefficient (Wildman–Crippen LogP) is 6.26. The summed E-state index contributed by atoms with van der Waals surface area (Å²) in [6.07, 6.45) is 26.5. The van der Waals surface area contributed by atoms with Gasteiger partial charge in [-0.1, -0.05) is 125 Å².